The summed E-state index contributed by atoms with van der Waals surface area (Å²) >= 11 is 5.99. The van der Waals surface area contributed by atoms with Crippen LogP contribution in [0.4, 0.5) is 9.18 Å². The molecule has 7 nitrogen and oxygen atoms in total. The number of ether oxygens (including phenoxy) is 3. The van der Waals surface area contributed by atoms with E-state index in [2.05, 4.69) is 4.98 Å². The van der Waals surface area contributed by atoms with Gasteiger partial charge in [-0.3, -0.25) is 0 Å². The van der Waals surface area contributed by atoms with Crippen molar-refractivity contribution in [3.8, 4) is 11.6 Å². The molecule has 5 rings (SSSR count). The number of rotatable bonds is 5. The number of benzene rings is 2. The van der Waals surface area contributed by atoms with Crippen LogP contribution in [0, 0.1) is 5.82 Å². The molecule has 2 heterocycles. The number of allylic oxidation sites excluding steroid dienone is 1. The minimum Gasteiger partial charge on any atom is -0.497 e. The minimum absolute atomic E-state index is 0.0862. The second kappa shape index (κ2) is 11.5. The number of hydrogen-bond acceptors (Lipinski definition) is 6. The van der Waals surface area contributed by atoms with Crippen molar-refractivity contribution in [1.82, 2.24) is 14.9 Å². The van der Waals surface area contributed by atoms with Gasteiger partial charge in [0.25, 0.3) is 0 Å². The predicted molar refractivity (Wildman–Crippen MR) is 152 cm³/mol. The zero-order chi connectivity index (χ0) is 28.4. The van der Waals surface area contributed by atoms with Gasteiger partial charge in [-0.25, -0.2) is 19.2 Å². The molecule has 210 valence electrons. The lowest BCUT2D eigenvalue weighted by molar-refractivity contribution is 0.0275. The van der Waals surface area contributed by atoms with Crippen LogP contribution in [-0.4, -0.2) is 52.9 Å². The highest BCUT2D eigenvalue weighted by molar-refractivity contribution is 6.30. The molecule has 0 spiro atoms. The highest BCUT2D eigenvalue weighted by atomic mass is 35.5. The summed E-state index contributed by atoms with van der Waals surface area (Å²) in [5.41, 5.74) is 4.89. The van der Waals surface area contributed by atoms with Crippen LogP contribution in [-0.2, 0) is 11.2 Å². The van der Waals surface area contributed by atoms with Crippen molar-refractivity contribution in [2.24, 2.45) is 0 Å². The summed E-state index contributed by atoms with van der Waals surface area (Å²) < 4.78 is 31.5. The monoisotopic (exact) mass is 565 g/mol. The molecule has 1 aliphatic carbocycles. The molecular formula is C31H33ClFN3O4. The van der Waals surface area contributed by atoms with Gasteiger partial charge in [0.2, 0.25) is 5.88 Å². The van der Waals surface area contributed by atoms with E-state index in [1.807, 2.05) is 45.0 Å². The fourth-order valence-corrected chi connectivity index (χ4v) is 5.27. The normalized spacial score (nSPS) is 17.4. The summed E-state index contributed by atoms with van der Waals surface area (Å²) in [4.78, 5) is 23.4. The molecule has 1 aromatic heterocycles. The molecule has 1 amide bonds. The Bertz CT molecular complexity index is 1440. The number of fused-ring (bicyclic) bond motifs is 1. The van der Waals surface area contributed by atoms with Gasteiger partial charge in [0.05, 0.1) is 36.8 Å². The fraction of sp³-hybridized carbons (Fsp3) is 0.387. The first kappa shape index (κ1) is 27.9. The topological polar surface area (TPSA) is 73.8 Å². The van der Waals surface area contributed by atoms with Crippen LogP contribution in [0.2, 0.25) is 5.02 Å². The lowest BCUT2D eigenvalue weighted by Crippen LogP contribution is -2.36. The molecule has 2 aromatic carbocycles. The molecule has 1 saturated heterocycles. The smallest absolute Gasteiger partial charge is 0.410 e. The largest absolute Gasteiger partial charge is 0.497 e. The molecule has 1 aliphatic heterocycles. The molecule has 1 atom stereocenters. The number of carbonyl (C=O) groups is 1. The maximum absolute atomic E-state index is 14.5. The molecule has 9 heteroatoms. The van der Waals surface area contributed by atoms with Gasteiger partial charge < -0.3 is 19.1 Å². The Morgan fingerprint density at radius 3 is 2.62 bits per heavy atom. The second-order valence-corrected chi connectivity index (χ2v) is 11.5. The SMILES string of the molecule is COc1ccc2c(c1)CCCC(c1ccc(Cl)c(F)c1)=C2c1cnc(OC2CCN(C(=O)OC(C)(C)C)C2)cn1. The molecule has 2 aliphatic rings. The molecule has 40 heavy (non-hydrogen) atoms. The van der Waals surface area contributed by atoms with Crippen LogP contribution in [0.25, 0.3) is 11.1 Å². The average molecular weight is 566 g/mol. The van der Waals surface area contributed by atoms with E-state index in [4.69, 9.17) is 30.8 Å². The lowest BCUT2D eigenvalue weighted by atomic mass is 9.90. The average Bonchev–Trinajstić information content (AvgIpc) is 3.30. The second-order valence-electron chi connectivity index (χ2n) is 11.1. The third-order valence-corrected chi connectivity index (χ3v) is 7.30. The maximum Gasteiger partial charge on any atom is 0.410 e. The number of amides is 1. The van der Waals surface area contributed by atoms with Gasteiger partial charge in [-0.2, -0.15) is 0 Å². The Hall–Kier alpha value is -3.65. The van der Waals surface area contributed by atoms with E-state index in [0.717, 1.165) is 52.8 Å². The summed E-state index contributed by atoms with van der Waals surface area (Å²) in [6.07, 6.45) is 5.88. The summed E-state index contributed by atoms with van der Waals surface area (Å²) in [5, 5.41) is 0.0862. The van der Waals surface area contributed by atoms with Crippen molar-refractivity contribution in [3.05, 3.63) is 82.0 Å². The third-order valence-electron chi connectivity index (χ3n) is 6.99. The van der Waals surface area contributed by atoms with Gasteiger partial charge >= 0.3 is 6.09 Å². The number of nitrogens with zero attached hydrogens (tertiary/aromatic N) is 3. The lowest BCUT2D eigenvalue weighted by Gasteiger charge is -2.24. The first-order valence-electron chi connectivity index (χ1n) is 13.4. The molecular weight excluding hydrogens is 533 g/mol. The summed E-state index contributed by atoms with van der Waals surface area (Å²) in [7, 11) is 1.65. The number of halogens is 2. The van der Waals surface area contributed by atoms with E-state index in [1.165, 1.54) is 6.07 Å². The number of hydrogen-bond donors (Lipinski definition) is 0. The maximum atomic E-state index is 14.5. The van der Waals surface area contributed by atoms with Gasteiger partial charge in [0.15, 0.2) is 0 Å². The van der Waals surface area contributed by atoms with Gasteiger partial charge in [-0.1, -0.05) is 23.7 Å². The van der Waals surface area contributed by atoms with Gasteiger partial charge in [-0.15, -0.1) is 0 Å². The quantitative estimate of drug-likeness (QED) is 0.333. The molecule has 0 N–H and O–H groups in total. The Morgan fingerprint density at radius 2 is 1.93 bits per heavy atom. The van der Waals surface area contributed by atoms with Gasteiger partial charge in [0.1, 0.15) is 23.3 Å². The van der Waals surface area contributed by atoms with Crippen LogP contribution in [0.5, 0.6) is 11.6 Å². The fourth-order valence-electron chi connectivity index (χ4n) is 5.15. The van der Waals surface area contributed by atoms with Gasteiger partial charge in [-0.05, 0) is 86.6 Å². The first-order chi connectivity index (χ1) is 19.1. The van der Waals surface area contributed by atoms with Crippen LogP contribution in [0.1, 0.15) is 62.4 Å². The Kier molecular flexibility index (Phi) is 7.99. The third kappa shape index (κ3) is 6.22. The van der Waals surface area contributed by atoms with Crippen LogP contribution in [0.15, 0.2) is 48.8 Å². The molecule has 1 fully saturated rings. The van der Waals surface area contributed by atoms with E-state index in [-0.39, 0.29) is 17.2 Å². The van der Waals surface area contributed by atoms with Crippen LogP contribution in [0.3, 0.4) is 0 Å². The Labute approximate surface area is 238 Å². The van der Waals surface area contributed by atoms with Crippen LogP contribution < -0.4 is 9.47 Å². The Balaban J connectivity index is 1.44. The van der Waals surface area contributed by atoms with Crippen LogP contribution >= 0.6 is 11.6 Å². The number of methoxy groups -OCH3 is 1. The van der Waals surface area contributed by atoms with Gasteiger partial charge in [0, 0.05) is 18.5 Å². The molecule has 3 aromatic rings. The first-order valence-corrected chi connectivity index (χ1v) is 13.8. The summed E-state index contributed by atoms with van der Waals surface area (Å²) in [5.74, 6) is 0.700. The van der Waals surface area contributed by atoms with E-state index in [9.17, 15) is 9.18 Å². The Morgan fingerprint density at radius 1 is 1.10 bits per heavy atom. The van der Waals surface area contributed by atoms with Crippen molar-refractivity contribution in [3.63, 3.8) is 0 Å². The number of carbonyl (C=O) groups excluding carboxylic acids is 1. The minimum atomic E-state index is -0.551. The standard InChI is InChI=1S/C31H33ClFN3O4/c1-31(2,3)40-30(37)36-13-12-22(18-36)39-28-17-34-27(16-35-28)29-23(20-8-11-25(32)26(33)15-20)7-5-6-19-14-21(38-4)9-10-24(19)29/h8-11,14-17,22H,5-7,12-13,18H2,1-4H3. The van der Waals surface area contributed by atoms with E-state index in [0.29, 0.717) is 31.1 Å². The highest BCUT2D eigenvalue weighted by Crippen LogP contribution is 2.40. The summed E-state index contributed by atoms with van der Waals surface area (Å²) in [6.45, 7) is 6.52. The zero-order valence-electron chi connectivity index (χ0n) is 23.2. The van der Waals surface area contributed by atoms with E-state index < -0.39 is 11.4 Å². The summed E-state index contributed by atoms with van der Waals surface area (Å²) in [6, 6.07) is 10.9. The highest BCUT2D eigenvalue weighted by Gasteiger charge is 2.31. The van der Waals surface area contributed by atoms with Crippen molar-refractivity contribution in [2.45, 2.75) is 58.2 Å². The zero-order valence-corrected chi connectivity index (χ0v) is 23.9. The van der Waals surface area contributed by atoms with E-state index >= 15 is 0 Å². The molecule has 1 unspecified atom stereocenters. The molecule has 0 saturated carbocycles. The van der Waals surface area contributed by atoms with Crippen molar-refractivity contribution < 1.29 is 23.4 Å². The predicted octanol–water partition coefficient (Wildman–Crippen LogP) is 6.96. The van der Waals surface area contributed by atoms with Crippen molar-refractivity contribution in [1.29, 1.82) is 0 Å². The van der Waals surface area contributed by atoms with Crippen molar-refractivity contribution >= 4 is 28.8 Å². The van der Waals surface area contributed by atoms with Crippen molar-refractivity contribution in [2.75, 3.05) is 20.2 Å². The van der Waals surface area contributed by atoms with E-state index in [1.54, 1.807) is 30.5 Å². The number of likely N-dealkylation sites (tertiary alicyclic amines) is 1. The molecule has 0 bridgehead atoms. The number of aryl methyl sites for hydroxylation is 1. The number of aromatic nitrogens is 2. The molecule has 0 radical (unpaired) electrons.